The maximum Gasteiger partial charge on any atom is 0.406 e. The molecule has 0 aliphatic heterocycles. The first-order valence-corrected chi connectivity index (χ1v) is 6.11. The van der Waals surface area contributed by atoms with Crippen LogP contribution in [0.4, 0.5) is 13.2 Å². The van der Waals surface area contributed by atoms with Gasteiger partial charge in [0.1, 0.15) is 12.0 Å². The van der Waals surface area contributed by atoms with Crippen molar-refractivity contribution < 1.29 is 23.2 Å². The molecule has 110 valence electrons. The lowest BCUT2D eigenvalue weighted by molar-refractivity contribution is -0.165. The van der Waals surface area contributed by atoms with E-state index < -0.39 is 24.0 Å². The van der Waals surface area contributed by atoms with E-state index in [1.807, 2.05) is 0 Å². The molecule has 0 aromatic rings. The maximum absolute atomic E-state index is 12.4. The largest absolute Gasteiger partial charge is 0.409 e. The Bertz CT molecular complexity index is 363. The molecule has 3 N–H and O–H groups in total. The number of alkyl halides is 3. The fourth-order valence-corrected chi connectivity index (χ4v) is 2.50. The third-order valence-corrected chi connectivity index (χ3v) is 3.50. The smallest absolute Gasteiger partial charge is 0.406 e. The van der Waals surface area contributed by atoms with Gasteiger partial charge in [-0.05, 0) is 19.8 Å². The Morgan fingerprint density at radius 3 is 2.32 bits per heavy atom. The Morgan fingerprint density at radius 1 is 1.42 bits per heavy atom. The van der Waals surface area contributed by atoms with E-state index in [4.69, 9.17) is 10.9 Å². The Morgan fingerprint density at radius 2 is 1.95 bits per heavy atom. The SMILES string of the molecule is CCN(CC(F)(F)F)C(=O)C1(C(N)=NO)CCCC1. The highest BCUT2D eigenvalue weighted by molar-refractivity contribution is 6.07. The molecule has 0 saturated heterocycles. The first kappa shape index (κ1) is 15.6. The number of amidine groups is 1. The third-order valence-electron chi connectivity index (χ3n) is 3.50. The number of hydrogen-bond donors (Lipinski definition) is 2. The third kappa shape index (κ3) is 3.30. The van der Waals surface area contributed by atoms with Gasteiger partial charge < -0.3 is 15.8 Å². The summed E-state index contributed by atoms with van der Waals surface area (Å²) in [6, 6.07) is 0. The van der Waals surface area contributed by atoms with Crippen LogP contribution in [-0.2, 0) is 4.79 Å². The molecule has 0 atom stereocenters. The van der Waals surface area contributed by atoms with Crippen molar-refractivity contribution in [3.05, 3.63) is 0 Å². The molecule has 1 saturated carbocycles. The Hall–Kier alpha value is -1.47. The van der Waals surface area contributed by atoms with Gasteiger partial charge in [-0.25, -0.2) is 0 Å². The molecule has 0 radical (unpaired) electrons. The normalized spacial score (nSPS) is 19.5. The minimum absolute atomic E-state index is 0.0706. The van der Waals surface area contributed by atoms with E-state index in [0.29, 0.717) is 30.6 Å². The molecule has 5 nitrogen and oxygen atoms in total. The molecule has 0 bridgehead atoms. The molecule has 0 aromatic heterocycles. The highest BCUT2D eigenvalue weighted by atomic mass is 19.4. The van der Waals surface area contributed by atoms with Crippen LogP contribution in [0, 0.1) is 5.41 Å². The average molecular weight is 281 g/mol. The minimum Gasteiger partial charge on any atom is -0.409 e. The topological polar surface area (TPSA) is 78.9 Å². The molecule has 0 spiro atoms. The van der Waals surface area contributed by atoms with Crippen LogP contribution in [0.3, 0.4) is 0 Å². The fraction of sp³-hybridized carbons (Fsp3) is 0.818. The highest BCUT2D eigenvalue weighted by Crippen LogP contribution is 2.40. The quantitative estimate of drug-likeness (QED) is 0.356. The molecule has 19 heavy (non-hydrogen) atoms. The Balaban J connectivity index is 2.99. The van der Waals surface area contributed by atoms with Crippen molar-refractivity contribution in [1.82, 2.24) is 4.90 Å². The molecule has 1 aliphatic carbocycles. The van der Waals surface area contributed by atoms with E-state index >= 15 is 0 Å². The van der Waals surface area contributed by atoms with Gasteiger partial charge in [0.25, 0.3) is 0 Å². The van der Waals surface area contributed by atoms with Gasteiger partial charge in [-0.1, -0.05) is 18.0 Å². The number of nitrogens with two attached hydrogens (primary N) is 1. The summed E-state index contributed by atoms with van der Waals surface area (Å²) >= 11 is 0. The number of amides is 1. The van der Waals surface area contributed by atoms with Crippen LogP contribution in [0.15, 0.2) is 5.16 Å². The van der Waals surface area contributed by atoms with Crippen LogP contribution in [0.25, 0.3) is 0 Å². The molecule has 1 aliphatic rings. The summed E-state index contributed by atoms with van der Waals surface area (Å²) in [7, 11) is 0. The maximum atomic E-state index is 12.4. The zero-order chi connectivity index (χ0) is 14.7. The minimum atomic E-state index is -4.46. The highest BCUT2D eigenvalue weighted by Gasteiger charge is 2.48. The summed E-state index contributed by atoms with van der Waals surface area (Å²) < 4.78 is 37.3. The summed E-state index contributed by atoms with van der Waals surface area (Å²) in [4.78, 5) is 13.0. The van der Waals surface area contributed by atoms with E-state index in [1.54, 1.807) is 0 Å². The van der Waals surface area contributed by atoms with Crippen LogP contribution in [-0.4, -0.2) is 41.1 Å². The lowest BCUT2D eigenvalue weighted by Crippen LogP contribution is -2.52. The Kier molecular flexibility index (Phi) is 4.65. The average Bonchev–Trinajstić information content (AvgIpc) is 2.83. The number of halogens is 3. The fourth-order valence-electron chi connectivity index (χ4n) is 2.50. The number of carbonyl (C=O) groups excluding carboxylic acids is 1. The van der Waals surface area contributed by atoms with Crippen LogP contribution in [0.1, 0.15) is 32.6 Å². The second kappa shape index (κ2) is 5.66. The van der Waals surface area contributed by atoms with Gasteiger partial charge in [0.15, 0.2) is 5.84 Å². The molecule has 0 aromatic carbocycles. The van der Waals surface area contributed by atoms with Crippen molar-refractivity contribution in [2.75, 3.05) is 13.1 Å². The molecule has 8 heteroatoms. The Labute approximate surface area is 109 Å². The molecule has 0 unspecified atom stereocenters. The van der Waals surface area contributed by atoms with Gasteiger partial charge >= 0.3 is 6.18 Å². The summed E-state index contributed by atoms with van der Waals surface area (Å²) in [6.07, 6.45) is -2.49. The summed E-state index contributed by atoms with van der Waals surface area (Å²) in [5.74, 6) is -1.00. The van der Waals surface area contributed by atoms with Crippen molar-refractivity contribution in [2.45, 2.75) is 38.8 Å². The van der Waals surface area contributed by atoms with Gasteiger partial charge in [0, 0.05) is 6.54 Å². The molecule has 1 amide bonds. The summed E-state index contributed by atoms with van der Waals surface area (Å²) in [6.45, 7) is 0.0835. The van der Waals surface area contributed by atoms with Crippen LogP contribution < -0.4 is 5.73 Å². The monoisotopic (exact) mass is 281 g/mol. The van der Waals surface area contributed by atoms with Crippen molar-refractivity contribution in [1.29, 1.82) is 0 Å². The van der Waals surface area contributed by atoms with Gasteiger partial charge in [0.2, 0.25) is 5.91 Å². The first-order chi connectivity index (χ1) is 8.77. The predicted molar refractivity (Wildman–Crippen MR) is 62.6 cm³/mol. The van der Waals surface area contributed by atoms with E-state index in [-0.39, 0.29) is 12.4 Å². The van der Waals surface area contributed by atoms with Gasteiger partial charge in [0.05, 0.1) is 0 Å². The summed E-state index contributed by atoms with van der Waals surface area (Å²) in [5.41, 5.74) is 4.26. The van der Waals surface area contributed by atoms with E-state index in [2.05, 4.69) is 5.16 Å². The second-order valence-corrected chi connectivity index (χ2v) is 4.71. The standard InChI is InChI=1S/C11H18F3N3O2/c1-2-17(7-11(12,13)14)9(18)10(8(15)16-19)5-3-4-6-10/h19H,2-7H2,1H3,(H2,15,16). The van der Waals surface area contributed by atoms with Crippen LogP contribution >= 0.6 is 0 Å². The molecular weight excluding hydrogens is 263 g/mol. The lowest BCUT2D eigenvalue weighted by Gasteiger charge is -2.33. The van der Waals surface area contributed by atoms with Gasteiger partial charge in [-0.3, -0.25) is 4.79 Å². The zero-order valence-corrected chi connectivity index (χ0v) is 10.7. The number of rotatable bonds is 4. The number of nitrogens with zero attached hydrogens (tertiary/aromatic N) is 2. The number of oxime groups is 1. The summed E-state index contributed by atoms with van der Waals surface area (Å²) in [5, 5.41) is 11.6. The van der Waals surface area contributed by atoms with Crippen molar-refractivity contribution in [3.8, 4) is 0 Å². The number of carbonyl (C=O) groups is 1. The van der Waals surface area contributed by atoms with Crippen molar-refractivity contribution in [3.63, 3.8) is 0 Å². The molecule has 0 heterocycles. The van der Waals surface area contributed by atoms with Gasteiger partial charge in [-0.15, -0.1) is 0 Å². The predicted octanol–water partition coefficient (Wildman–Crippen LogP) is 1.70. The molecule has 1 fully saturated rings. The molecule has 1 rings (SSSR count). The van der Waals surface area contributed by atoms with E-state index in [1.165, 1.54) is 6.92 Å². The van der Waals surface area contributed by atoms with Crippen LogP contribution in [0.5, 0.6) is 0 Å². The van der Waals surface area contributed by atoms with Crippen molar-refractivity contribution >= 4 is 11.7 Å². The van der Waals surface area contributed by atoms with E-state index in [9.17, 15) is 18.0 Å². The first-order valence-electron chi connectivity index (χ1n) is 6.11. The van der Waals surface area contributed by atoms with Crippen LogP contribution in [0.2, 0.25) is 0 Å². The molecular formula is C11H18F3N3O2. The zero-order valence-electron chi connectivity index (χ0n) is 10.7. The lowest BCUT2D eigenvalue weighted by atomic mass is 9.83. The second-order valence-electron chi connectivity index (χ2n) is 4.71. The number of hydrogen-bond acceptors (Lipinski definition) is 3. The van der Waals surface area contributed by atoms with Crippen molar-refractivity contribution in [2.24, 2.45) is 16.3 Å². The van der Waals surface area contributed by atoms with Gasteiger partial charge in [-0.2, -0.15) is 13.2 Å². The van der Waals surface area contributed by atoms with E-state index in [0.717, 1.165) is 0 Å².